The maximum Gasteiger partial charge on any atom is 0.339 e. The second-order valence-corrected chi connectivity index (χ2v) is 8.94. The van der Waals surface area contributed by atoms with Gasteiger partial charge in [-0.3, -0.25) is 4.79 Å². The first kappa shape index (κ1) is 26.6. The minimum atomic E-state index is -2.13. The molecule has 0 aromatic carbocycles. The number of carbonyl (C=O) groups is 4. The largest absolute Gasteiger partial charge is 0.466 e. The summed E-state index contributed by atoms with van der Waals surface area (Å²) < 4.78 is 21.4. The van der Waals surface area contributed by atoms with E-state index in [0.29, 0.717) is 12.8 Å². The van der Waals surface area contributed by atoms with Gasteiger partial charge in [0.2, 0.25) is 0 Å². The van der Waals surface area contributed by atoms with Gasteiger partial charge < -0.3 is 24.1 Å². The van der Waals surface area contributed by atoms with E-state index in [2.05, 4.69) is 6.58 Å². The van der Waals surface area contributed by atoms with Gasteiger partial charge in [0.15, 0.2) is 17.8 Å². The van der Waals surface area contributed by atoms with Crippen LogP contribution in [0.2, 0.25) is 0 Å². The lowest BCUT2D eigenvalue weighted by Gasteiger charge is -2.35. The number of allylic oxidation sites excluding steroid dienone is 2. The fraction of sp³-hybridized carbons (Fsp3) is 0.565. The molecule has 33 heavy (non-hydrogen) atoms. The van der Waals surface area contributed by atoms with Crippen LogP contribution in [0, 0.1) is 5.92 Å². The molecule has 0 aromatic heterocycles. The van der Waals surface area contributed by atoms with Crippen molar-refractivity contribution in [2.45, 2.75) is 69.8 Å². The lowest BCUT2D eigenvalue weighted by Crippen LogP contribution is -2.51. The first-order valence-electron chi connectivity index (χ1n) is 10.4. The van der Waals surface area contributed by atoms with Crippen molar-refractivity contribution >= 4 is 35.5 Å². The average molecular weight is 485 g/mol. The Bertz CT molecular complexity index is 900. The van der Waals surface area contributed by atoms with Gasteiger partial charge in [-0.25, -0.2) is 14.4 Å². The molecule has 0 bridgehead atoms. The third kappa shape index (κ3) is 5.83. The van der Waals surface area contributed by atoms with Crippen molar-refractivity contribution in [3.8, 4) is 0 Å². The third-order valence-corrected chi connectivity index (χ3v) is 6.14. The molecule has 0 radical (unpaired) electrons. The summed E-state index contributed by atoms with van der Waals surface area (Å²) in [7, 11) is 1.16. The number of fused-ring (bicyclic) bond motifs is 1. The second-order valence-electron chi connectivity index (χ2n) is 8.29. The molecule has 1 fully saturated rings. The third-order valence-electron chi connectivity index (χ3n) is 5.72. The zero-order chi connectivity index (χ0) is 25.1. The number of ether oxygens (including phenoxy) is 4. The predicted octanol–water partition coefficient (Wildman–Crippen LogP) is 2.15. The van der Waals surface area contributed by atoms with Crippen LogP contribution in [0.1, 0.15) is 40.5 Å². The number of rotatable bonds is 5. The van der Waals surface area contributed by atoms with E-state index in [1.54, 1.807) is 6.08 Å². The van der Waals surface area contributed by atoms with Crippen LogP contribution in [-0.4, -0.2) is 65.4 Å². The first-order chi connectivity index (χ1) is 15.3. The van der Waals surface area contributed by atoms with Gasteiger partial charge in [0.1, 0.15) is 6.10 Å². The van der Waals surface area contributed by atoms with Gasteiger partial charge in [0.25, 0.3) is 0 Å². The highest BCUT2D eigenvalue weighted by Gasteiger charge is 2.52. The Balaban J connectivity index is 2.72. The zero-order valence-corrected chi connectivity index (χ0v) is 20.0. The number of esters is 4. The molecule has 1 N–H and O–H groups in total. The summed E-state index contributed by atoms with van der Waals surface area (Å²) in [5, 5.41) is 9.51. The molecular weight excluding hydrogens is 456 g/mol. The summed E-state index contributed by atoms with van der Waals surface area (Å²) in [4.78, 5) is 50.0. The van der Waals surface area contributed by atoms with Crippen molar-refractivity contribution in [1.82, 2.24) is 0 Å². The quantitative estimate of drug-likeness (QED) is 0.205. The Kier molecular flexibility index (Phi) is 8.48. The van der Waals surface area contributed by atoms with Crippen molar-refractivity contribution in [2.24, 2.45) is 5.92 Å². The van der Waals surface area contributed by atoms with Gasteiger partial charge >= 0.3 is 23.9 Å². The summed E-state index contributed by atoms with van der Waals surface area (Å²) in [5.41, 5.74) is -1.39. The Labute approximate surface area is 197 Å². The van der Waals surface area contributed by atoms with Crippen molar-refractivity contribution < 1.29 is 43.2 Å². The van der Waals surface area contributed by atoms with E-state index in [0.717, 1.165) is 26.5 Å². The highest BCUT2D eigenvalue weighted by molar-refractivity contribution is 6.22. The maximum absolute atomic E-state index is 12.9. The van der Waals surface area contributed by atoms with Gasteiger partial charge in [-0.05, 0) is 39.7 Å². The maximum atomic E-state index is 12.9. The van der Waals surface area contributed by atoms with Gasteiger partial charge in [-0.15, -0.1) is 11.6 Å². The van der Waals surface area contributed by atoms with E-state index in [9.17, 15) is 24.3 Å². The van der Waals surface area contributed by atoms with Crippen LogP contribution in [0.4, 0.5) is 0 Å². The Morgan fingerprint density at radius 3 is 2.52 bits per heavy atom. The SMILES string of the molecule is C=C1C(=O)O[C@@H]2/C=C(\C)CC/C=C(\C(=O)OC)[C@H](OC(C)=O)[C@@H](OC(=O)[C@](C)(O)[C@@H](C)Cl)[C@@H]12. The molecule has 10 heteroatoms. The highest BCUT2D eigenvalue weighted by Crippen LogP contribution is 2.38. The lowest BCUT2D eigenvalue weighted by atomic mass is 9.83. The summed E-state index contributed by atoms with van der Waals surface area (Å²) in [6, 6.07) is 0. The fourth-order valence-corrected chi connectivity index (χ4v) is 3.69. The fourth-order valence-electron chi connectivity index (χ4n) is 3.60. The zero-order valence-electron chi connectivity index (χ0n) is 19.3. The number of alkyl halides is 1. The van der Waals surface area contributed by atoms with Gasteiger partial charge in [-0.1, -0.05) is 18.2 Å². The molecule has 9 nitrogen and oxygen atoms in total. The average Bonchev–Trinajstić information content (AvgIpc) is 2.99. The van der Waals surface area contributed by atoms with Crippen molar-refractivity contribution in [2.75, 3.05) is 7.11 Å². The minimum Gasteiger partial charge on any atom is -0.466 e. The highest BCUT2D eigenvalue weighted by atomic mass is 35.5. The molecule has 0 aromatic rings. The molecule has 0 saturated carbocycles. The van der Waals surface area contributed by atoms with E-state index in [1.165, 1.54) is 13.0 Å². The summed E-state index contributed by atoms with van der Waals surface area (Å²) in [6.45, 7) is 9.28. The Morgan fingerprint density at radius 2 is 1.97 bits per heavy atom. The summed E-state index contributed by atoms with van der Waals surface area (Å²) in [6.07, 6.45) is 0.283. The number of carbonyl (C=O) groups excluding carboxylic acids is 4. The number of hydrogen-bond acceptors (Lipinski definition) is 9. The smallest absolute Gasteiger partial charge is 0.339 e. The van der Waals surface area contributed by atoms with E-state index in [4.69, 9.17) is 30.5 Å². The molecule has 182 valence electrons. The van der Waals surface area contributed by atoms with Gasteiger partial charge in [0, 0.05) is 12.5 Å². The van der Waals surface area contributed by atoms with Crippen molar-refractivity contribution in [3.05, 3.63) is 35.5 Å². The monoisotopic (exact) mass is 484 g/mol. The molecule has 0 spiro atoms. The van der Waals surface area contributed by atoms with E-state index in [-0.39, 0.29) is 11.1 Å². The molecule has 0 unspecified atom stereocenters. The van der Waals surface area contributed by atoms with Crippen LogP contribution in [0.15, 0.2) is 35.5 Å². The minimum absolute atomic E-state index is 0.0395. The normalized spacial score (nSPS) is 31.4. The van der Waals surface area contributed by atoms with Crippen molar-refractivity contribution in [1.29, 1.82) is 0 Å². The van der Waals surface area contributed by atoms with Crippen LogP contribution < -0.4 is 0 Å². The van der Waals surface area contributed by atoms with Gasteiger partial charge in [-0.2, -0.15) is 0 Å². The van der Waals surface area contributed by atoms with Crippen LogP contribution in [0.25, 0.3) is 0 Å². The molecule has 2 aliphatic rings. The molecule has 1 heterocycles. The Hall–Kier alpha value is -2.65. The van der Waals surface area contributed by atoms with Crippen LogP contribution in [-0.2, 0) is 38.1 Å². The number of methoxy groups -OCH3 is 1. The van der Waals surface area contributed by atoms with E-state index < -0.39 is 59.1 Å². The van der Waals surface area contributed by atoms with Gasteiger partial charge in [0.05, 0.1) is 24.0 Å². The van der Waals surface area contributed by atoms with E-state index >= 15 is 0 Å². The lowest BCUT2D eigenvalue weighted by molar-refractivity contribution is -0.183. The van der Waals surface area contributed by atoms with Crippen LogP contribution in [0.3, 0.4) is 0 Å². The molecule has 1 aliphatic heterocycles. The molecule has 0 amide bonds. The van der Waals surface area contributed by atoms with Crippen LogP contribution in [0.5, 0.6) is 0 Å². The second kappa shape index (κ2) is 10.5. The number of hydrogen-bond donors (Lipinski definition) is 1. The Morgan fingerprint density at radius 1 is 1.33 bits per heavy atom. The topological polar surface area (TPSA) is 125 Å². The van der Waals surface area contributed by atoms with Crippen molar-refractivity contribution in [3.63, 3.8) is 0 Å². The molecule has 6 atom stereocenters. The molecular formula is C23H29ClO9. The predicted molar refractivity (Wildman–Crippen MR) is 117 cm³/mol. The first-order valence-corrected chi connectivity index (χ1v) is 10.8. The van der Waals surface area contributed by atoms with Crippen LogP contribution >= 0.6 is 11.6 Å². The number of aliphatic hydroxyl groups is 1. The van der Waals surface area contributed by atoms with E-state index in [1.807, 2.05) is 6.92 Å². The molecule has 2 rings (SSSR count). The number of halogens is 1. The summed E-state index contributed by atoms with van der Waals surface area (Å²) >= 11 is 5.96. The molecule has 1 saturated heterocycles. The summed E-state index contributed by atoms with van der Waals surface area (Å²) in [5.74, 6) is -4.47. The molecule has 1 aliphatic carbocycles. The standard InChI is InChI=1S/C23H29ClO9/c1-11-8-7-9-15(21(27)30-6)18(31-14(4)25)19(33-22(28)23(5,29)13(3)24)17-12(2)20(26)32-16(17)10-11/h9-10,13,16-19,29H,2,7-8H2,1,3-6H3/b11-10+,15-9-/t13-,16-,17+,18+,19+,23-/m1/s1.